The Labute approximate surface area is 144 Å². The molecule has 0 aliphatic carbocycles. The number of carbonyl (C=O) groups is 1. The highest BCUT2D eigenvalue weighted by Crippen LogP contribution is 2.14. The summed E-state index contributed by atoms with van der Waals surface area (Å²) in [5, 5.41) is 10.6. The molecule has 2 aromatic rings. The minimum atomic E-state index is -4.00. The lowest BCUT2D eigenvalue weighted by atomic mass is 10.2. The predicted octanol–water partition coefficient (Wildman–Crippen LogP) is 2.89. The Morgan fingerprint density at radius 1 is 1.12 bits per heavy atom. The Bertz CT molecular complexity index is 899. The van der Waals surface area contributed by atoms with Crippen LogP contribution in [0.4, 0.5) is 5.69 Å². The summed E-state index contributed by atoms with van der Waals surface area (Å²) in [7, 11) is -4.00. The number of nitro groups is 1. The van der Waals surface area contributed by atoms with E-state index in [-0.39, 0.29) is 10.6 Å². The molecule has 0 amide bonds. The van der Waals surface area contributed by atoms with Gasteiger partial charge in [0.1, 0.15) is 6.61 Å². The minimum absolute atomic E-state index is 0.0229. The third-order valence-corrected chi connectivity index (χ3v) is 4.51. The SMILES string of the molecule is Cc1ccc(S(=O)(=O)OCC(=O)/C=C/c2ccc([N+](=O)[O-])cc2)cc1. The summed E-state index contributed by atoms with van der Waals surface area (Å²) in [4.78, 5) is 21.7. The third kappa shape index (κ3) is 5.33. The fourth-order valence-electron chi connectivity index (χ4n) is 1.85. The highest BCUT2D eigenvalue weighted by atomic mass is 32.2. The van der Waals surface area contributed by atoms with Crippen molar-refractivity contribution in [3.8, 4) is 0 Å². The van der Waals surface area contributed by atoms with Crippen molar-refractivity contribution < 1.29 is 22.3 Å². The first-order valence-electron chi connectivity index (χ1n) is 7.19. The number of carbonyl (C=O) groups excluding carboxylic acids is 1. The van der Waals surface area contributed by atoms with E-state index in [0.717, 1.165) is 11.6 Å². The second kappa shape index (κ2) is 7.82. The van der Waals surface area contributed by atoms with E-state index in [9.17, 15) is 23.3 Å². The molecule has 0 aromatic heterocycles. The van der Waals surface area contributed by atoms with E-state index >= 15 is 0 Å². The number of aryl methyl sites for hydroxylation is 1. The quantitative estimate of drug-likeness (QED) is 0.325. The summed E-state index contributed by atoms with van der Waals surface area (Å²) in [5.74, 6) is -0.547. The molecule has 0 aliphatic rings. The van der Waals surface area contributed by atoms with E-state index in [2.05, 4.69) is 0 Å². The second-order valence-corrected chi connectivity index (χ2v) is 6.79. The van der Waals surface area contributed by atoms with Crippen LogP contribution in [0, 0.1) is 17.0 Å². The largest absolute Gasteiger partial charge is 0.297 e. The lowest BCUT2D eigenvalue weighted by Gasteiger charge is -2.04. The maximum absolute atomic E-state index is 12.0. The van der Waals surface area contributed by atoms with Crippen molar-refractivity contribution in [3.05, 3.63) is 75.8 Å². The average Bonchev–Trinajstić information content (AvgIpc) is 2.59. The topological polar surface area (TPSA) is 104 Å². The van der Waals surface area contributed by atoms with E-state index in [1.165, 1.54) is 42.5 Å². The molecule has 0 heterocycles. The molecule has 0 unspecified atom stereocenters. The number of rotatable bonds is 7. The molecule has 0 saturated heterocycles. The van der Waals surface area contributed by atoms with E-state index in [4.69, 9.17) is 4.18 Å². The van der Waals surface area contributed by atoms with Crippen LogP contribution < -0.4 is 0 Å². The van der Waals surface area contributed by atoms with Gasteiger partial charge in [0.2, 0.25) is 0 Å². The Kier molecular flexibility index (Phi) is 5.79. The van der Waals surface area contributed by atoms with Crippen molar-refractivity contribution in [2.75, 3.05) is 6.61 Å². The number of nitro benzene ring substituents is 1. The molecular formula is C17H15NO6S. The fourth-order valence-corrected chi connectivity index (χ4v) is 2.73. The zero-order valence-electron chi connectivity index (χ0n) is 13.3. The second-order valence-electron chi connectivity index (χ2n) is 5.18. The first kappa shape index (κ1) is 18.5. The molecule has 0 bridgehead atoms. The lowest BCUT2D eigenvalue weighted by Crippen LogP contribution is -2.12. The monoisotopic (exact) mass is 361 g/mol. The molecule has 130 valence electrons. The van der Waals surface area contributed by atoms with Crippen LogP contribution in [-0.2, 0) is 19.1 Å². The van der Waals surface area contributed by atoms with Gasteiger partial charge in [-0.05, 0) is 42.8 Å². The Morgan fingerprint density at radius 2 is 1.72 bits per heavy atom. The number of hydrogen-bond donors (Lipinski definition) is 0. The summed E-state index contributed by atoms with van der Waals surface area (Å²) in [6.07, 6.45) is 2.58. The van der Waals surface area contributed by atoms with Gasteiger partial charge in [0.05, 0.1) is 9.82 Å². The van der Waals surface area contributed by atoms with Crippen LogP contribution in [0.2, 0.25) is 0 Å². The standard InChI is InChI=1S/C17H15NO6S/c1-13-2-10-17(11-3-13)25(22,23)24-12-16(19)9-6-14-4-7-15(8-5-14)18(20)21/h2-11H,12H2,1H3/b9-6+. The van der Waals surface area contributed by atoms with E-state index in [0.29, 0.717) is 5.56 Å². The fraction of sp³-hybridized carbons (Fsp3) is 0.118. The van der Waals surface area contributed by atoms with Crippen LogP contribution in [0.25, 0.3) is 6.08 Å². The van der Waals surface area contributed by atoms with Gasteiger partial charge < -0.3 is 0 Å². The molecule has 0 radical (unpaired) electrons. The summed E-state index contributed by atoms with van der Waals surface area (Å²) < 4.78 is 28.7. The van der Waals surface area contributed by atoms with Gasteiger partial charge in [-0.1, -0.05) is 23.8 Å². The van der Waals surface area contributed by atoms with Gasteiger partial charge in [0.15, 0.2) is 5.78 Å². The van der Waals surface area contributed by atoms with E-state index in [1.54, 1.807) is 12.1 Å². The Balaban J connectivity index is 1.95. The average molecular weight is 361 g/mol. The maximum Gasteiger partial charge on any atom is 0.297 e. The van der Waals surface area contributed by atoms with Gasteiger partial charge in [0, 0.05) is 12.1 Å². The number of non-ortho nitro benzene ring substituents is 1. The van der Waals surface area contributed by atoms with Crippen molar-refractivity contribution >= 4 is 27.7 Å². The first-order valence-corrected chi connectivity index (χ1v) is 8.60. The molecule has 0 N–H and O–H groups in total. The normalized spacial score (nSPS) is 11.6. The zero-order valence-corrected chi connectivity index (χ0v) is 14.1. The van der Waals surface area contributed by atoms with Crippen molar-refractivity contribution in [1.82, 2.24) is 0 Å². The van der Waals surface area contributed by atoms with Gasteiger partial charge in [-0.2, -0.15) is 8.42 Å². The highest BCUT2D eigenvalue weighted by molar-refractivity contribution is 7.86. The summed E-state index contributed by atoms with van der Waals surface area (Å²) in [6, 6.07) is 11.6. The van der Waals surface area contributed by atoms with E-state index < -0.39 is 27.4 Å². The van der Waals surface area contributed by atoms with Gasteiger partial charge in [-0.3, -0.25) is 19.1 Å². The Hall–Kier alpha value is -2.84. The molecule has 0 aliphatic heterocycles. The maximum atomic E-state index is 12.0. The van der Waals surface area contributed by atoms with Crippen LogP contribution in [0.1, 0.15) is 11.1 Å². The number of benzene rings is 2. The van der Waals surface area contributed by atoms with Crippen molar-refractivity contribution in [1.29, 1.82) is 0 Å². The number of hydrogen-bond acceptors (Lipinski definition) is 6. The smallest absolute Gasteiger partial charge is 0.292 e. The number of ketones is 1. The molecule has 2 rings (SSSR count). The van der Waals surface area contributed by atoms with Crippen LogP contribution in [0.5, 0.6) is 0 Å². The van der Waals surface area contributed by atoms with Crippen LogP contribution in [0.3, 0.4) is 0 Å². The predicted molar refractivity (Wildman–Crippen MR) is 91.5 cm³/mol. The molecular weight excluding hydrogens is 346 g/mol. The molecule has 0 fully saturated rings. The first-order chi connectivity index (χ1) is 11.8. The molecule has 8 heteroatoms. The van der Waals surface area contributed by atoms with Gasteiger partial charge in [-0.15, -0.1) is 0 Å². The Morgan fingerprint density at radius 3 is 2.28 bits per heavy atom. The summed E-state index contributed by atoms with van der Waals surface area (Å²) >= 11 is 0. The van der Waals surface area contributed by atoms with Crippen molar-refractivity contribution in [2.45, 2.75) is 11.8 Å². The van der Waals surface area contributed by atoms with Gasteiger partial charge in [-0.25, -0.2) is 0 Å². The van der Waals surface area contributed by atoms with Crippen molar-refractivity contribution in [2.24, 2.45) is 0 Å². The zero-order chi connectivity index (χ0) is 18.4. The van der Waals surface area contributed by atoms with Crippen molar-refractivity contribution in [3.63, 3.8) is 0 Å². The number of nitrogens with zero attached hydrogens (tertiary/aromatic N) is 1. The lowest BCUT2D eigenvalue weighted by molar-refractivity contribution is -0.384. The van der Waals surface area contributed by atoms with Crippen LogP contribution in [0.15, 0.2) is 59.5 Å². The summed E-state index contributed by atoms with van der Waals surface area (Å²) in [6.45, 7) is 1.20. The summed E-state index contributed by atoms with van der Waals surface area (Å²) in [5.41, 5.74) is 1.41. The molecule has 0 atom stereocenters. The van der Waals surface area contributed by atoms with Gasteiger partial charge in [0.25, 0.3) is 15.8 Å². The highest BCUT2D eigenvalue weighted by Gasteiger charge is 2.16. The van der Waals surface area contributed by atoms with Crippen LogP contribution in [-0.4, -0.2) is 25.7 Å². The molecule has 7 nitrogen and oxygen atoms in total. The minimum Gasteiger partial charge on any atom is -0.292 e. The van der Waals surface area contributed by atoms with Crippen LogP contribution >= 0.6 is 0 Å². The molecule has 25 heavy (non-hydrogen) atoms. The molecule has 0 spiro atoms. The third-order valence-electron chi connectivity index (χ3n) is 3.23. The molecule has 0 saturated carbocycles. The van der Waals surface area contributed by atoms with E-state index in [1.807, 2.05) is 6.92 Å². The molecule has 2 aromatic carbocycles. The van der Waals surface area contributed by atoms with Gasteiger partial charge >= 0.3 is 0 Å².